The van der Waals surface area contributed by atoms with Crippen LogP contribution in [0.5, 0.6) is 0 Å². The van der Waals surface area contributed by atoms with E-state index in [0.29, 0.717) is 11.5 Å². The van der Waals surface area contributed by atoms with E-state index in [1.54, 1.807) is 0 Å². The Morgan fingerprint density at radius 2 is 2.06 bits per heavy atom. The van der Waals surface area contributed by atoms with Crippen LogP contribution in [0.15, 0.2) is 12.4 Å². The van der Waals surface area contributed by atoms with Crippen molar-refractivity contribution in [3.8, 4) is 0 Å². The Labute approximate surface area is 104 Å². The number of nitrogens with one attached hydrogen (secondary N) is 2. The van der Waals surface area contributed by atoms with Crippen LogP contribution in [-0.2, 0) is 0 Å². The minimum absolute atomic E-state index is 0.514. The highest BCUT2D eigenvalue weighted by molar-refractivity contribution is 5.38. The maximum absolute atomic E-state index is 3.97. The third-order valence-electron chi connectivity index (χ3n) is 4.61. The maximum Gasteiger partial charge on any atom is 0.0725 e. The van der Waals surface area contributed by atoms with Gasteiger partial charge in [-0.3, -0.25) is 5.10 Å². The summed E-state index contributed by atoms with van der Waals surface area (Å²) in [6.07, 6.45) is 10.4. The molecule has 1 heterocycles. The molecule has 1 saturated carbocycles. The molecule has 3 nitrogen and oxygen atoms in total. The molecule has 0 aromatic carbocycles. The SMILES string of the molecule is CCC(C)(C)C1CCC(Nc2cn[nH]c2)CC1. The fourth-order valence-corrected chi connectivity index (χ4v) is 2.87. The van der Waals surface area contributed by atoms with Gasteiger partial charge in [-0.2, -0.15) is 5.10 Å². The molecule has 1 fully saturated rings. The minimum atomic E-state index is 0.514. The van der Waals surface area contributed by atoms with E-state index in [-0.39, 0.29) is 0 Å². The lowest BCUT2D eigenvalue weighted by atomic mass is 9.69. The third-order valence-corrected chi connectivity index (χ3v) is 4.61. The van der Waals surface area contributed by atoms with Gasteiger partial charge in [0.15, 0.2) is 0 Å². The third kappa shape index (κ3) is 3.02. The van der Waals surface area contributed by atoms with Crippen LogP contribution in [0.3, 0.4) is 0 Å². The van der Waals surface area contributed by atoms with Crippen LogP contribution in [0.2, 0.25) is 0 Å². The van der Waals surface area contributed by atoms with Gasteiger partial charge in [-0.15, -0.1) is 0 Å². The molecule has 1 aliphatic rings. The maximum atomic E-state index is 3.97. The van der Waals surface area contributed by atoms with Gasteiger partial charge in [0.2, 0.25) is 0 Å². The molecule has 0 saturated heterocycles. The summed E-state index contributed by atoms with van der Waals surface area (Å²) in [4.78, 5) is 0. The molecular weight excluding hydrogens is 210 g/mol. The fourth-order valence-electron chi connectivity index (χ4n) is 2.87. The van der Waals surface area contributed by atoms with Gasteiger partial charge in [-0.25, -0.2) is 0 Å². The molecule has 0 radical (unpaired) electrons. The summed E-state index contributed by atoms with van der Waals surface area (Å²) < 4.78 is 0. The zero-order chi connectivity index (χ0) is 12.3. The zero-order valence-corrected chi connectivity index (χ0v) is 11.3. The summed E-state index contributed by atoms with van der Waals surface area (Å²) in [6.45, 7) is 7.15. The van der Waals surface area contributed by atoms with Crippen LogP contribution in [-0.4, -0.2) is 16.2 Å². The molecule has 0 aliphatic heterocycles. The lowest BCUT2D eigenvalue weighted by molar-refractivity contribution is 0.147. The molecule has 0 atom stereocenters. The van der Waals surface area contributed by atoms with E-state index in [1.165, 1.54) is 32.1 Å². The number of aromatic amines is 1. The predicted molar refractivity (Wildman–Crippen MR) is 72.0 cm³/mol. The molecule has 0 spiro atoms. The molecule has 2 N–H and O–H groups in total. The number of nitrogens with zero attached hydrogens (tertiary/aromatic N) is 1. The Morgan fingerprint density at radius 3 is 2.59 bits per heavy atom. The lowest BCUT2D eigenvalue weighted by Gasteiger charge is -2.39. The summed E-state index contributed by atoms with van der Waals surface area (Å²) in [5.74, 6) is 0.898. The summed E-state index contributed by atoms with van der Waals surface area (Å²) in [5, 5.41) is 10.4. The van der Waals surface area contributed by atoms with Crippen LogP contribution in [0.1, 0.15) is 52.9 Å². The molecule has 3 heteroatoms. The van der Waals surface area contributed by atoms with Crippen LogP contribution < -0.4 is 5.32 Å². The first-order chi connectivity index (χ1) is 8.12. The van der Waals surface area contributed by atoms with Gasteiger partial charge in [0.1, 0.15) is 0 Å². The van der Waals surface area contributed by atoms with Crippen molar-refractivity contribution in [2.24, 2.45) is 11.3 Å². The minimum Gasteiger partial charge on any atom is -0.380 e. The zero-order valence-electron chi connectivity index (χ0n) is 11.3. The highest BCUT2D eigenvalue weighted by Gasteiger charge is 2.31. The van der Waals surface area contributed by atoms with Crippen LogP contribution in [0, 0.1) is 11.3 Å². The van der Waals surface area contributed by atoms with Crippen molar-refractivity contribution in [2.75, 3.05) is 5.32 Å². The molecule has 17 heavy (non-hydrogen) atoms. The summed E-state index contributed by atoms with van der Waals surface area (Å²) >= 11 is 0. The van der Waals surface area contributed by atoms with Crippen molar-refractivity contribution in [3.05, 3.63) is 12.4 Å². The number of rotatable bonds is 4. The first kappa shape index (κ1) is 12.5. The molecule has 0 unspecified atom stereocenters. The van der Waals surface area contributed by atoms with Gasteiger partial charge in [0.25, 0.3) is 0 Å². The molecule has 96 valence electrons. The van der Waals surface area contributed by atoms with E-state index in [4.69, 9.17) is 0 Å². The molecule has 1 aliphatic carbocycles. The van der Waals surface area contributed by atoms with Crippen LogP contribution in [0.4, 0.5) is 5.69 Å². The van der Waals surface area contributed by atoms with Crippen LogP contribution in [0.25, 0.3) is 0 Å². The monoisotopic (exact) mass is 235 g/mol. The van der Waals surface area contributed by atoms with Gasteiger partial charge < -0.3 is 5.32 Å². The first-order valence-electron chi connectivity index (χ1n) is 6.87. The summed E-state index contributed by atoms with van der Waals surface area (Å²) in [6, 6.07) is 0.636. The van der Waals surface area contributed by atoms with E-state index in [1.807, 2.05) is 12.4 Å². The second kappa shape index (κ2) is 5.11. The van der Waals surface area contributed by atoms with Gasteiger partial charge in [-0.1, -0.05) is 27.2 Å². The molecule has 1 aromatic heterocycles. The van der Waals surface area contributed by atoms with E-state index < -0.39 is 0 Å². The van der Waals surface area contributed by atoms with E-state index in [0.717, 1.165) is 11.6 Å². The first-order valence-corrected chi connectivity index (χ1v) is 6.87. The Bertz CT molecular complexity index is 321. The standard InChI is InChI=1S/C14H25N3/c1-4-14(2,3)11-5-7-12(8-6-11)17-13-9-15-16-10-13/h9-12,17H,4-8H2,1-3H3,(H,15,16). The van der Waals surface area contributed by atoms with Crippen molar-refractivity contribution in [1.29, 1.82) is 0 Å². The average molecular weight is 235 g/mol. The highest BCUT2D eigenvalue weighted by Crippen LogP contribution is 2.40. The second-order valence-electron chi connectivity index (χ2n) is 6.02. The molecule has 2 rings (SSSR count). The molecular formula is C14H25N3. The van der Waals surface area contributed by atoms with Crippen molar-refractivity contribution in [2.45, 2.75) is 58.9 Å². The normalized spacial score (nSPS) is 25.8. The van der Waals surface area contributed by atoms with Gasteiger partial charge in [0, 0.05) is 12.2 Å². The van der Waals surface area contributed by atoms with Crippen molar-refractivity contribution < 1.29 is 0 Å². The van der Waals surface area contributed by atoms with Crippen molar-refractivity contribution in [3.63, 3.8) is 0 Å². The number of anilines is 1. The highest BCUT2D eigenvalue weighted by atomic mass is 15.1. The number of H-pyrrole nitrogens is 1. The average Bonchev–Trinajstić information content (AvgIpc) is 2.83. The Morgan fingerprint density at radius 1 is 1.35 bits per heavy atom. The topological polar surface area (TPSA) is 40.7 Å². The molecule has 1 aromatic rings. The number of hydrogen-bond donors (Lipinski definition) is 2. The Hall–Kier alpha value is -0.990. The number of hydrogen-bond acceptors (Lipinski definition) is 2. The van der Waals surface area contributed by atoms with E-state index >= 15 is 0 Å². The smallest absolute Gasteiger partial charge is 0.0725 e. The number of aromatic nitrogens is 2. The summed E-state index contributed by atoms with van der Waals surface area (Å²) in [5.41, 5.74) is 1.64. The quantitative estimate of drug-likeness (QED) is 0.833. The van der Waals surface area contributed by atoms with Crippen molar-refractivity contribution >= 4 is 5.69 Å². The largest absolute Gasteiger partial charge is 0.380 e. The van der Waals surface area contributed by atoms with E-state index in [2.05, 4.69) is 36.3 Å². The Balaban J connectivity index is 1.82. The van der Waals surface area contributed by atoms with Crippen molar-refractivity contribution in [1.82, 2.24) is 10.2 Å². The second-order valence-corrected chi connectivity index (χ2v) is 6.02. The Kier molecular flexibility index (Phi) is 3.75. The molecule has 0 bridgehead atoms. The van der Waals surface area contributed by atoms with Gasteiger partial charge in [0.05, 0.1) is 11.9 Å². The van der Waals surface area contributed by atoms with E-state index in [9.17, 15) is 0 Å². The van der Waals surface area contributed by atoms with Gasteiger partial charge in [-0.05, 0) is 37.0 Å². The predicted octanol–water partition coefficient (Wildman–Crippen LogP) is 3.82. The fraction of sp³-hybridized carbons (Fsp3) is 0.786. The lowest BCUT2D eigenvalue weighted by Crippen LogP contribution is -2.32. The summed E-state index contributed by atoms with van der Waals surface area (Å²) in [7, 11) is 0. The van der Waals surface area contributed by atoms with Gasteiger partial charge >= 0.3 is 0 Å². The van der Waals surface area contributed by atoms with Crippen LogP contribution >= 0.6 is 0 Å². The molecule has 0 amide bonds.